The monoisotopic (exact) mass is 238 g/mol. The average molecular weight is 238 g/mol. The second kappa shape index (κ2) is 4.33. The molecule has 0 radical (unpaired) electrons. The third-order valence-corrected chi connectivity index (χ3v) is 2.72. The zero-order valence-electron chi connectivity index (χ0n) is 9.80. The van der Waals surface area contributed by atoms with E-state index in [0.717, 1.165) is 5.01 Å². The highest BCUT2D eigenvalue weighted by atomic mass is 19.3. The van der Waals surface area contributed by atoms with E-state index < -0.39 is 35.9 Å². The number of alkyl halides is 3. The maximum atomic E-state index is 13.7. The summed E-state index contributed by atoms with van der Waals surface area (Å²) in [4.78, 5) is 11.9. The minimum absolute atomic E-state index is 0.484. The van der Waals surface area contributed by atoms with Crippen LogP contribution in [0.2, 0.25) is 0 Å². The van der Waals surface area contributed by atoms with E-state index in [1.807, 2.05) is 0 Å². The fourth-order valence-corrected chi connectivity index (χ4v) is 1.80. The predicted molar refractivity (Wildman–Crippen MR) is 53.5 cm³/mol. The Bertz CT molecular complexity index is 278. The first-order valence-corrected chi connectivity index (χ1v) is 5.12. The van der Waals surface area contributed by atoms with Crippen LogP contribution in [-0.2, 0) is 4.79 Å². The summed E-state index contributed by atoms with van der Waals surface area (Å²) in [7, 11) is 1.32. The summed E-state index contributed by atoms with van der Waals surface area (Å²) in [5.74, 6) is -1.80. The molecule has 6 heteroatoms. The fraction of sp³-hybridized carbons (Fsp3) is 0.900. The molecule has 0 bridgehead atoms. The van der Waals surface area contributed by atoms with Crippen LogP contribution in [0, 0.1) is 11.3 Å². The summed E-state index contributed by atoms with van der Waals surface area (Å²) in [6.45, 7) is 4.80. The molecule has 0 aliphatic carbocycles. The van der Waals surface area contributed by atoms with E-state index in [-0.39, 0.29) is 0 Å². The van der Waals surface area contributed by atoms with Gasteiger partial charge >= 0.3 is 0 Å². The zero-order valence-corrected chi connectivity index (χ0v) is 9.80. The first-order chi connectivity index (χ1) is 7.16. The van der Waals surface area contributed by atoms with E-state index >= 15 is 0 Å². The number of hydrazine groups is 1. The summed E-state index contributed by atoms with van der Waals surface area (Å²) in [5.41, 5.74) is 1.47. The van der Waals surface area contributed by atoms with Gasteiger partial charge in [-0.3, -0.25) is 4.79 Å². The van der Waals surface area contributed by atoms with E-state index in [0.29, 0.717) is 0 Å². The van der Waals surface area contributed by atoms with Crippen molar-refractivity contribution in [3.8, 4) is 0 Å². The summed E-state index contributed by atoms with van der Waals surface area (Å²) in [6.07, 6.45) is -4.47. The van der Waals surface area contributed by atoms with Crippen molar-refractivity contribution in [2.24, 2.45) is 11.3 Å². The molecule has 1 saturated heterocycles. The van der Waals surface area contributed by atoms with Crippen LogP contribution >= 0.6 is 0 Å². The Morgan fingerprint density at radius 3 is 2.25 bits per heavy atom. The van der Waals surface area contributed by atoms with E-state index in [4.69, 9.17) is 0 Å². The molecule has 0 saturated carbocycles. The smallest absolute Gasteiger partial charge is 0.255 e. The molecule has 94 valence electrons. The highest BCUT2D eigenvalue weighted by Crippen LogP contribution is 2.32. The van der Waals surface area contributed by atoms with E-state index in [1.54, 1.807) is 20.8 Å². The lowest BCUT2D eigenvalue weighted by atomic mass is 9.80. The first kappa shape index (κ1) is 13.4. The minimum atomic E-state index is -2.76. The van der Waals surface area contributed by atoms with Crippen LogP contribution in [-0.4, -0.2) is 36.6 Å². The second-order valence-electron chi connectivity index (χ2n) is 5.11. The normalized spacial score (nSPS) is 32.4. The van der Waals surface area contributed by atoms with Crippen LogP contribution in [0.15, 0.2) is 0 Å². The van der Waals surface area contributed by atoms with E-state index in [1.165, 1.54) is 7.05 Å². The molecule has 3 nitrogen and oxygen atoms in total. The van der Waals surface area contributed by atoms with Gasteiger partial charge in [-0.2, -0.15) is 0 Å². The maximum absolute atomic E-state index is 13.7. The third-order valence-electron chi connectivity index (χ3n) is 2.72. The molecule has 1 rings (SSSR count). The highest BCUT2D eigenvalue weighted by Gasteiger charge is 2.51. The van der Waals surface area contributed by atoms with Gasteiger partial charge in [-0.05, 0) is 0 Å². The fourth-order valence-electron chi connectivity index (χ4n) is 1.80. The van der Waals surface area contributed by atoms with Crippen LogP contribution in [0.25, 0.3) is 0 Å². The molecule has 3 atom stereocenters. The van der Waals surface area contributed by atoms with Crippen molar-refractivity contribution in [3.05, 3.63) is 0 Å². The van der Waals surface area contributed by atoms with Gasteiger partial charge in [0, 0.05) is 12.5 Å². The van der Waals surface area contributed by atoms with Crippen molar-refractivity contribution in [1.29, 1.82) is 0 Å². The maximum Gasteiger partial charge on any atom is 0.255 e. The largest absolute Gasteiger partial charge is 0.299 e. The Morgan fingerprint density at radius 2 is 1.88 bits per heavy atom. The number of ketones is 1. The Balaban J connectivity index is 2.95. The second-order valence-corrected chi connectivity index (χ2v) is 5.11. The lowest BCUT2D eigenvalue weighted by Crippen LogP contribution is -2.43. The van der Waals surface area contributed by atoms with Gasteiger partial charge in [0.05, 0.1) is 12.0 Å². The quantitative estimate of drug-likeness (QED) is 0.742. The Kier molecular flexibility index (Phi) is 3.64. The minimum Gasteiger partial charge on any atom is -0.299 e. The molecule has 16 heavy (non-hydrogen) atoms. The molecule has 1 heterocycles. The molecule has 0 amide bonds. The molecular weight excluding hydrogens is 221 g/mol. The van der Waals surface area contributed by atoms with Crippen LogP contribution in [0.3, 0.4) is 0 Å². The molecule has 0 aromatic carbocycles. The van der Waals surface area contributed by atoms with Crippen molar-refractivity contribution in [3.63, 3.8) is 0 Å². The Labute approximate surface area is 93.0 Å². The summed E-state index contributed by atoms with van der Waals surface area (Å²) >= 11 is 0. The molecule has 3 unspecified atom stereocenters. The van der Waals surface area contributed by atoms with Crippen molar-refractivity contribution in [2.45, 2.75) is 39.5 Å². The molecule has 1 fully saturated rings. The summed E-state index contributed by atoms with van der Waals surface area (Å²) in [5, 5.41) is 0.936. The Hall–Kier alpha value is -0.620. The van der Waals surface area contributed by atoms with Crippen molar-refractivity contribution in [2.75, 3.05) is 7.05 Å². The third kappa shape index (κ3) is 2.38. The van der Waals surface area contributed by atoms with Crippen molar-refractivity contribution >= 4 is 5.78 Å². The number of nitrogens with zero attached hydrogens (tertiary/aromatic N) is 1. The number of hydrogen-bond acceptors (Lipinski definition) is 3. The predicted octanol–water partition coefficient (Wildman–Crippen LogP) is 1.60. The molecule has 0 aromatic heterocycles. The van der Waals surface area contributed by atoms with Gasteiger partial charge in [0.1, 0.15) is 5.78 Å². The lowest BCUT2D eigenvalue weighted by Gasteiger charge is -2.25. The van der Waals surface area contributed by atoms with E-state index in [2.05, 4.69) is 5.43 Å². The summed E-state index contributed by atoms with van der Waals surface area (Å²) in [6, 6.07) is -1.44. The number of hydrogen-bond donors (Lipinski definition) is 1. The summed E-state index contributed by atoms with van der Waals surface area (Å²) < 4.78 is 39.0. The average Bonchev–Trinajstić information content (AvgIpc) is 2.41. The van der Waals surface area contributed by atoms with Crippen LogP contribution in [0.5, 0.6) is 0 Å². The lowest BCUT2D eigenvalue weighted by molar-refractivity contribution is -0.134. The topological polar surface area (TPSA) is 32.3 Å². The Morgan fingerprint density at radius 1 is 1.38 bits per heavy atom. The molecule has 0 spiro atoms. The van der Waals surface area contributed by atoms with Gasteiger partial charge in [0.25, 0.3) is 6.43 Å². The highest BCUT2D eigenvalue weighted by molar-refractivity contribution is 5.87. The zero-order chi connectivity index (χ0) is 12.7. The van der Waals surface area contributed by atoms with Gasteiger partial charge in [0.2, 0.25) is 0 Å². The number of Topliss-reactive ketones (excluding diaryl/α,β-unsaturated/α-hetero) is 1. The first-order valence-electron chi connectivity index (χ1n) is 5.12. The molecule has 1 N–H and O–H groups in total. The van der Waals surface area contributed by atoms with Gasteiger partial charge in [-0.1, -0.05) is 20.8 Å². The standard InChI is InChI=1S/C10H17F3N2O/c1-10(2,3)7(16)5-6(8(11)12)14-15(4)9(5)13/h5-6,8-9,14H,1-4H3. The molecule has 1 aliphatic rings. The van der Waals surface area contributed by atoms with Gasteiger partial charge in [-0.25, -0.2) is 23.6 Å². The number of halogens is 3. The van der Waals surface area contributed by atoms with Crippen LogP contribution in [0.1, 0.15) is 20.8 Å². The molecule has 1 aliphatic heterocycles. The number of carbonyl (C=O) groups is 1. The van der Waals surface area contributed by atoms with Gasteiger partial charge in [0.15, 0.2) is 6.30 Å². The number of rotatable bonds is 2. The van der Waals surface area contributed by atoms with Crippen LogP contribution in [0.4, 0.5) is 13.2 Å². The number of carbonyl (C=O) groups excluding carboxylic acids is 1. The number of nitrogens with one attached hydrogen (secondary N) is 1. The van der Waals surface area contributed by atoms with Gasteiger partial charge < -0.3 is 0 Å². The van der Waals surface area contributed by atoms with Crippen molar-refractivity contribution < 1.29 is 18.0 Å². The van der Waals surface area contributed by atoms with E-state index in [9.17, 15) is 18.0 Å². The van der Waals surface area contributed by atoms with Gasteiger partial charge in [-0.15, -0.1) is 0 Å². The molecule has 0 aromatic rings. The molecular formula is C10H17F3N2O. The van der Waals surface area contributed by atoms with Crippen molar-refractivity contribution in [1.82, 2.24) is 10.4 Å². The SMILES string of the molecule is CN1NC(C(F)F)C(C(=O)C(C)(C)C)C1F. The van der Waals surface area contributed by atoms with Crippen LogP contribution < -0.4 is 5.43 Å².